The van der Waals surface area contributed by atoms with Crippen molar-refractivity contribution in [3.8, 4) is 0 Å². The maximum atomic E-state index is 4.60. The summed E-state index contributed by atoms with van der Waals surface area (Å²) in [7, 11) is 0. The number of hydrogen-bond acceptors (Lipinski definition) is 2. The van der Waals surface area contributed by atoms with E-state index in [0.717, 1.165) is 24.7 Å². The largest absolute Gasteiger partial charge is 0.342 e. The van der Waals surface area contributed by atoms with Gasteiger partial charge in [-0.15, -0.1) is 0 Å². The normalized spacial score (nSPS) is 16.2. The minimum atomic E-state index is 0.633. The monoisotopic (exact) mass is 269 g/mol. The summed E-state index contributed by atoms with van der Waals surface area (Å²) in [5.74, 6) is 1.50. The van der Waals surface area contributed by atoms with E-state index in [1.165, 1.54) is 19.3 Å². The summed E-state index contributed by atoms with van der Waals surface area (Å²) >= 11 is 0. The quantitative estimate of drug-likeness (QED) is 0.651. The van der Waals surface area contributed by atoms with E-state index >= 15 is 0 Å². The number of guanidine groups is 1. The van der Waals surface area contributed by atoms with Crippen LogP contribution in [0.2, 0.25) is 0 Å². The van der Waals surface area contributed by atoms with Gasteiger partial charge in [-0.3, -0.25) is 0 Å². The molecule has 3 rings (SSSR count). The first-order valence-corrected chi connectivity index (χ1v) is 7.07. The van der Waals surface area contributed by atoms with Crippen LogP contribution in [0.15, 0.2) is 47.7 Å². The summed E-state index contributed by atoms with van der Waals surface area (Å²) in [6.07, 6.45) is 7.24. The molecule has 2 aromatic rings. The van der Waals surface area contributed by atoms with Crippen LogP contribution in [0.1, 0.15) is 19.3 Å². The van der Waals surface area contributed by atoms with Crippen molar-refractivity contribution in [1.29, 1.82) is 0 Å². The first kappa shape index (κ1) is 12.7. The van der Waals surface area contributed by atoms with Crippen molar-refractivity contribution in [2.45, 2.75) is 19.3 Å². The lowest BCUT2D eigenvalue weighted by Gasteiger charge is -2.29. The van der Waals surface area contributed by atoms with Crippen LogP contribution in [0.25, 0.3) is 0 Å². The molecule has 104 valence electrons. The van der Waals surface area contributed by atoms with Crippen LogP contribution in [-0.2, 0) is 0 Å². The van der Waals surface area contributed by atoms with E-state index in [9.17, 15) is 0 Å². The Hall–Kier alpha value is -2.30. The number of nitrogens with zero attached hydrogens (tertiary/aromatic N) is 3. The molecule has 5 heteroatoms. The topological polar surface area (TPSA) is 56.3 Å². The van der Waals surface area contributed by atoms with Crippen LogP contribution < -0.4 is 5.32 Å². The van der Waals surface area contributed by atoms with Crippen molar-refractivity contribution in [3.63, 3.8) is 0 Å². The van der Waals surface area contributed by atoms with E-state index in [-0.39, 0.29) is 0 Å². The number of imidazole rings is 1. The summed E-state index contributed by atoms with van der Waals surface area (Å²) in [4.78, 5) is 14.1. The number of likely N-dealkylation sites (tertiary alicyclic amines) is 1. The minimum Gasteiger partial charge on any atom is -0.342 e. The van der Waals surface area contributed by atoms with Crippen LogP contribution >= 0.6 is 0 Å². The number of H-pyrrole nitrogens is 1. The van der Waals surface area contributed by atoms with Crippen molar-refractivity contribution >= 4 is 17.6 Å². The number of aromatic nitrogens is 2. The van der Waals surface area contributed by atoms with Crippen LogP contribution in [-0.4, -0.2) is 33.9 Å². The van der Waals surface area contributed by atoms with Gasteiger partial charge in [0, 0.05) is 31.2 Å². The Morgan fingerprint density at radius 3 is 2.65 bits per heavy atom. The molecule has 5 nitrogen and oxygen atoms in total. The van der Waals surface area contributed by atoms with Gasteiger partial charge in [-0.1, -0.05) is 18.2 Å². The number of rotatable bonds is 2. The third-order valence-corrected chi connectivity index (χ3v) is 3.38. The number of hydrogen-bond donors (Lipinski definition) is 2. The summed E-state index contributed by atoms with van der Waals surface area (Å²) in [6, 6.07) is 10.1. The molecule has 0 bridgehead atoms. The second kappa shape index (κ2) is 6.23. The van der Waals surface area contributed by atoms with Crippen LogP contribution in [0, 0.1) is 0 Å². The fourth-order valence-electron chi connectivity index (χ4n) is 2.35. The molecule has 0 amide bonds. The van der Waals surface area contributed by atoms with Crippen LogP contribution in [0.5, 0.6) is 0 Å². The molecule has 1 aromatic heterocycles. The zero-order valence-electron chi connectivity index (χ0n) is 11.4. The Morgan fingerprint density at radius 2 is 1.95 bits per heavy atom. The molecule has 1 fully saturated rings. The predicted molar refractivity (Wildman–Crippen MR) is 81.2 cm³/mol. The lowest BCUT2D eigenvalue weighted by molar-refractivity contribution is 0.341. The predicted octanol–water partition coefficient (Wildman–Crippen LogP) is 3.00. The van der Waals surface area contributed by atoms with Gasteiger partial charge in [-0.25, -0.2) is 4.98 Å². The Labute approximate surface area is 118 Å². The average molecular weight is 269 g/mol. The standard InChI is InChI=1S/C15H19N5/c1-3-7-13(8-4-1)18-15(19-14-16-9-10-17-14)20-11-5-2-6-12-20/h1,3-4,7-10H,2,5-6,11-12H2,(H2,16,17,18,19). The fraction of sp³-hybridized carbons (Fsp3) is 0.333. The van der Waals surface area contributed by atoms with E-state index in [4.69, 9.17) is 0 Å². The van der Waals surface area contributed by atoms with Crippen molar-refractivity contribution in [1.82, 2.24) is 14.9 Å². The Balaban J connectivity index is 1.83. The Morgan fingerprint density at radius 1 is 1.15 bits per heavy atom. The summed E-state index contributed by atoms with van der Waals surface area (Å²) < 4.78 is 0. The number of para-hydroxylation sites is 1. The number of benzene rings is 1. The third kappa shape index (κ3) is 3.17. The number of piperidine rings is 1. The highest BCUT2D eigenvalue weighted by molar-refractivity contribution is 5.94. The highest BCUT2D eigenvalue weighted by Crippen LogP contribution is 2.14. The molecule has 2 heterocycles. The van der Waals surface area contributed by atoms with Gasteiger partial charge in [-0.05, 0) is 31.4 Å². The molecule has 2 N–H and O–H groups in total. The van der Waals surface area contributed by atoms with Crippen molar-refractivity contribution in [2.24, 2.45) is 4.99 Å². The lowest BCUT2D eigenvalue weighted by Crippen LogP contribution is -2.39. The SMILES string of the molecule is c1ccc(NC(=Nc2ncc[nH]2)N2CCCCC2)cc1. The number of aliphatic imine (C=N–C) groups is 1. The third-order valence-electron chi connectivity index (χ3n) is 3.38. The van der Waals surface area contributed by atoms with Gasteiger partial charge < -0.3 is 15.2 Å². The molecular weight excluding hydrogens is 250 g/mol. The van der Waals surface area contributed by atoms with Crippen molar-refractivity contribution in [2.75, 3.05) is 18.4 Å². The van der Waals surface area contributed by atoms with Crippen LogP contribution in [0.4, 0.5) is 11.6 Å². The highest BCUT2D eigenvalue weighted by Gasteiger charge is 2.15. The number of aromatic amines is 1. The van der Waals surface area contributed by atoms with Gasteiger partial charge in [0.25, 0.3) is 0 Å². The van der Waals surface area contributed by atoms with E-state index in [2.05, 4.69) is 25.2 Å². The van der Waals surface area contributed by atoms with Gasteiger partial charge >= 0.3 is 0 Å². The zero-order chi connectivity index (χ0) is 13.6. The molecule has 0 saturated carbocycles. The zero-order valence-corrected chi connectivity index (χ0v) is 11.4. The minimum absolute atomic E-state index is 0.633. The van der Waals surface area contributed by atoms with Gasteiger partial charge in [0.2, 0.25) is 11.9 Å². The van der Waals surface area contributed by atoms with E-state index < -0.39 is 0 Å². The van der Waals surface area contributed by atoms with Gasteiger partial charge in [0.15, 0.2) is 0 Å². The maximum absolute atomic E-state index is 4.60. The molecule has 0 unspecified atom stereocenters. The van der Waals surface area contributed by atoms with E-state index in [0.29, 0.717) is 5.95 Å². The van der Waals surface area contributed by atoms with Gasteiger partial charge in [0.05, 0.1) is 0 Å². The molecule has 0 radical (unpaired) electrons. The second-order valence-electron chi connectivity index (χ2n) is 4.89. The molecule has 1 saturated heterocycles. The van der Waals surface area contributed by atoms with E-state index in [1.807, 2.05) is 30.3 Å². The smallest absolute Gasteiger partial charge is 0.230 e. The first-order valence-electron chi connectivity index (χ1n) is 7.07. The first-order chi connectivity index (χ1) is 9.92. The van der Waals surface area contributed by atoms with Crippen molar-refractivity contribution in [3.05, 3.63) is 42.7 Å². The Kier molecular flexibility index (Phi) is 3.96. The summed E-state index contributed by atoms with van der Waals surface area (Å²) in [5, 5.41) is 3.40. The molecule has 20 heavy (non-hydrogen) atoms. The van der Waals surface area contributed by atoms with Gasteiger partial charge in [-0.2, -0.15) is 4.99 Å². The second-order valence-corrected chi connectivity index (χ2v) is 4.89. The maximum Gasteiger partial charge on any atom is 0.230 e. The average Bonchev–Trinajstić information content (AvgIpc) is 3.02. The molecule has 1 aromatic carbocycles. The summed E-state index contributed by atoms with van der Waals surface area (Å²) in [6.45, 7) is 2.08. The Bertz CT molecular complexity index is 541. The molecule has 0 aliphatic carbocycles. The number of anilines is 1. The molecular formula is C15H19N5. The van der Waals surface area contributed by atoms with Gasteiger partial charge in [0.1, 0.15) is 0 Å². The van der Waals surface area contributed by atoms with E-state index in [1.54, 1.807) is 12.4 Å². The van der Waals surface area contributed by atoms with Crippen molar-refractivity contribution < 1.29 is 0 Å². The molecule has 0 atom stereocenters. The van der Waals surface area contributed by atoms with Crippen LogP contribution in [0.3, 0.4) is 0 Å². The summed E-state index contributed by atoms with van der Waals surface area (Å²) in [5.41, 5.74) is 1.04. The molecule has 1 aliphatic heterocycles. The highest BCUT2D eigenvalue weighted by atomic mass is 15.3. The lowest BCUT2D eigenvalue weighted by atomic mass is 10.1. The fourth-order valence-corrected chi connectivity index (χ4v) is 2.35. The number of nitrogens with one attached hydrogen (secondary N) is 2. The molecule has 1 aliphatic rings. The molecule has 0 spiro atoms.